The molecule has 4 aromatic carbocycles. The van der Waals surface area contributed by atoms with Crippen molar-refractivity contribution in [3.8, 4) is 11.5 Å². The summed E-state index contributed by atoms with van der Waals surface area (Å²) < 4.78 is 21.5. The van der Waals surface area contributed by atoms with Gasteiger partial charge in [-0.3, -0.25) is 0 Å². The summed E-state index contributed by atoms with van der Waals surface area (Å²) >= 11 is 0. The van der Waals surface area contributed by atoms with Crippen LogP contribution in [0.5, 0.6) is 11.5 Å². The normalized spacial score (nSPS) is 20.4. The molecule has 0 fully saturated rings. The number of ether oxygens (including phenoxy) is 4. The summed E-state index contributed by atoms with van der Waals surface area (Å²) in [6.07, 6.45) is 0. The van der Waals surface area contributed by atoms with Gasteiger partial charge < -0.3 is 23.8 Å². The van der Waals surface area contributed by atoms with Crippen molar-refractivity contribution in [1.82, 2.24) is 0 Å². The molecular formula is C34H30N4O6. The van der Waals surface area contributed by atoms with E-state index in [9.17, 15) is 9.59 Å². The Morgan fingerprint density at radius 3 is 1.73 bits per heavy atom. The van der Waals surface area contributed by atoms with Gasteiger partial charge in [0.1, 0.15) is 22.7 Å². The third kappa shape index (κ3) is 4.10. The first-order valence-corrected chi connectivity index (χ1v) is 13.8. The third-order valence-corrected chi connectivity index (χ3v) is 7.90. The Morgan fingerprint density at radius 2 is 1.20 bits per heavy atom. The molecule has 0 aliphatic carbocycles. The van der Waals surface area contributed by atoms with Crippen LogP contribution in [0, 0.1) is 0 Å². The Morgan fingerprint density at radius 1 is 0.682 bits per heavy atom. The molecule has 0 unspecified atom stereocenters. The molecule has 10 heteroatoms. The molecule has 6 rings (SSSR count). The van der Waals surface area contributed by atoms with E-state index in [-0.39, 0.29) is 11.3 Å². The lowest BCUT2D eigenvalue weighted by Crippen LogP contribution is -2.53. The lowest BCUT2D eigenvalue weighted by molar-refractivity contribution is -0.457. The number of esters is 2. The lowest BCUT2D eigenvalue weighted by Gasteiger charge is -2.47. The minimum Gasteiger partial charge on any atom is -0.497 e. The molecule has 0 saturated carbocycles. The van der Waals surface area contributed by atoms with Crippen LogP contribution in [0.4, 0.5) is 11.4 Å². The number of anilines is 1. The van der Waals surface area contributed by atoms with Crippen molar-refractivity contribution in [2.24, 2.45) is 5.11 Å². The van der Waals surface area contributed by atoms with Crippen LogP contribution in [0.1, 0.15) is 11.1 Å². The maximum atomic E-state index is 14.1. The third-order valence-electron chi connectivity index (χ3n) is 7.90. The van der Waals surface area contributed by atoms with E-state index in [0.29, 0.717) is 34.0 Å². The second kappa shape index (κ2) is 11.2. The van der Waals surface area contributed by atoms with Crippen molar-refractivity contribution >= 4 is 23.3 Å². The van der Waals surface area contributed by atoms with Crippen LogP contribution in [-0.4, -0.2) is 45.2 Å². The lowest BCUT2D eigenvalue weighted by atomic mass is 9.72. The van der Waals surface area contributed by atoms with Crippen LogP contribution in [0.15, 0.2) is 126 Å². The number of carbonyl (C=O) groups excluding carboxylic acids is 2. The number of carbonyl (C=O) groups is 2. The zero-order valence-electron chi connectivity index (χ0n) is 24.6. The van der Waals surface area contributed by atoms with E-state index in [1.165, 1.54) is 19.0 Å². The smallest absolute Gasteiger partial charge is 0.355 e. The van der Waals surface area contributed by atoms with E-state index in [2.05, 4.69) is 0 Å². The number of hydrogen-bond acceptors (Lipinski definition) is 8. The summed E-state index contributed by atoms with van der Waals surface area (Å²) in [5.74, 6) is -0.226. The molecule has 222 valence electrons. The Balaban J connectivity index is 1.79. The molecule has 0 saturated heterocycles. The highest BCUT2D eigenvalue weighted by molar-refractivity contribution is 6.08. The van der Waals surface area contributed by atoms with Gasteiger partial charge in [0.25, 0.3) is 0 Å². The fourth-order valence-corrected chi connectivity index (χ4v) is 5.98. The average Bonchev–Trinajstić information content (AvgIpc) is 3.57. The number of rotatable bonds is 8. The highest BCUT2D eigenvalue weighted by Gasteiger charge is 2.70. The van der Waals surface area contributed by atoms with Gasteiger partial charge >= 0.3 is 11.9 Å². The summed E-state index contributed by atoms with van der Waals surface area (Å²) in [7, 11) is 5.71. The van der Waals surface area contributed by atoms with Gasteiger partial charge in [0.2, 0.25) is 5.69 Å². The monoisotopic (exact) mass is 590 g/mol. The number of fused-ring (bicyclic) bond motifs is 1. The minimum absolute atomic E-state index is 0.0162. The molecule has 2 aliphatic rings. The molecule has 2 heterocycles. The van der Waals surface area contributed by atoms with Crippen molar-refractivity contribution in [2.45, 2.75) is 11.2 Å². The second-order valence-electron chi connectivity index (χ2n) is 10.0. The zero-order valence-corrected chi connectivity index (χ0v) is 24.6. The molecule has 0 bridgehead atoms. The van der Waals surface area contributed by atoms with E-state index < -0.39 is 23.1 Å². The Bertz CT molecular complexity index is 1760. The standard InChI is InChI=1S/C34H30N4O6/c1-41-27-19-15-25(16-20-27)37-30(32(40)44-4)29(31(39)43-3)33(23-11-7-5-8-12-23)34(37,24-13-9-6-10-14-24)36-38(35-33)26-17-21-28(42-2)22-18-26/h5-22H,1-4H3/t33-,34+/m0/s1. The summed E-state index contributed by atoms with van der Waals surface area (Å²) in [5.41, 5.74) is 4.54. The summed E-state index contributed by atoms with van der Waals surface area (Å²) in [6, 6.07) is 33.2. The van der Waals surface area contributed by atoms with Gasteiger partial charge in [-0.25, -0.2) is 9.59 Å². The highest BCUT2D eigenvalue weighted by atomic mass is 16.5. The van der Waals surface area contributed by atoms with Gasteiger partial charge in [-0.15, -0.1) is 4.81 Å². The molecule has 44 heavy (non-hydrogen) atoms. The first kappa shape index (κ1) is 28.5. The van der Waals surface area contributed by atoms with Gasteiger partial charge in [0.05, 0.1) is 34.0 Å². The molecule has 0 amide bonds. The Kier molecular flexibility index (Phi) is 7.26. The topological polar surface area (TPSA) is 104 Å². The number of hydrogen-bond donors (Lipinski definition) is 0. The van der Waals surface area contributed by atoms with Gasteiger partial charge in [-0.2, -0.15) is 10.5 Å². The first-order valence-electron chi connectivity index (χ1n) is 13.8. The van der Waals surface area contributed by atoms with E-state index >= 15 is 0 Å². The average molecular weight is 591 g/mol. The quantitative estimate of drug-likeness (QED) is 0.184. The van der Waals surface area contributed by atoms with Crippen molar-refractivity contribution in [3.05, 3.63) is 137 Å². The second-order valence-corrected chi connectivity index (χ2v) is 10.0. The first-order chi connectivity index (χ1) is 21.4. The van der Waals surface area contributed by atoms with Crippen molar-refractivity contribution < 1.29 is 33.3 Å². The Hall–Kier alpha value is -5.64. The van der Waals surface area contributed by atoms with Crippen molar-refractivity contribution in [3.63, 3.8) is 0 Å². The molecule has 2 aliphatic heterocycles. The highest BCUT2D eigenvalue weighted by Crippen LogP contribution is 2.66. The number of azo groups is 1. The Labute approximate surface area is 254 Å². The number of benzene rings is 4. The van der Waals surface area contributed by atoms with Gasteiger partial charge in [0, 0.05) is 17.8 Å². The van der Waals surface area contributed by atoms with Crippen LogP contribution < -0.4 is 14.4 Å². The fourth-order valence-electron chi connectivity index (χ4n) is 5.98. The van der Waals surface area contributed by atoms with Crippen molar-refractivity contribution in [1.29, 1.82) is 0 Å². The molecule has 0 N–H and O–H groups in total. The van der Waals surface area contributed by atoms with Crippen molar-refractivity contribution in [2.75, 3.05) is 33.3 Å². The van der Waals surface area contributed by atoms with Crippen LogP contribution in [0.2, 0.25) is 0 Å². The maximum Gasteiger partial charge on any atom is 0.355 e. The van der Waals surface area contributed by atoms with E-state index in [1.807, 2.05) is 72.8 Å². The van der Waals surface area contributed by atoms with Crippen LogP contribution in [0.3, 0.4) is 0 Å². The summed E-state index contributed by atoms with van der Waals surface area (Å²) in [5, 5.41) is 5.25. The molecule has 10 nitrogen and oxygen atoms in total. The number of nitrogens with zero attached hydrogens (tertiary/aromatic N) is 4. The van der Waals surface area contributed by atoms with Gasteiger partial charge in [-0.1, -0.05) is 60.7 Å². The van der Waals surface area contributed by atoms with Crippen LogP contribution in [0.25, 0.3) is 5.43 Å². The predicted octanol–water partition coefficient (Wildman–Crippen LogP) is 5.97. The van der Waals surface area contributed by atoms with E-state index in [0.717, 1.165) is 0 Å². The fraction of sp³-hybridized carbons (Fsp3) is 0.176. The largest absolute Gasteiger partial charge is 0.497 e. The van der Waals surface area contributed by atoms with E-state index in [1.54, 1.807) is 55.5 Å². The molecular weight excluding hydrogens is 560 g/mol. The number of methoxy groups -OCH3 is 4. The summed E-state index contributed by atoms with van der Waals surface area (Å²) in [4.78, 5) is 31.2. The molecule has 4 aromatic rings. The van der Waals surface area contributed by atoms with Gasteiger partial charge in [-0.05, 0) is 47.5 Å². The van der Waals surface area contributed by atoms with E-state index in [4.69, 9.17) is 29.5 Å². The zero-order chi connectivity index (χ0) is 30.9. The molecule has 0 spiro atoms. The van der Waals surface area contributed by atoms with Crippen LogP contribution >= 0.6 is 0 Å². The molecule has 2 atom stereocenters. The molecule has 0 radical (unpaired) electrons. The SMILES string of the molecule is COC(=O)C1=C(C(=O)OC)[C@]2(c3ccccc3)N=[N+](c3ccc(OC)cc3)[N-][C@]2(c2ccccc2)N1c1ccc(OC)cc1. The summed E-state index contributed by atoms with van der Waals surface area (Å²) in [6.45, 7) is 0. The van der Waals surface area contributed by atoms with Gasteiger partial charge in [0.15, 0.2) is 5.66 Å². The van der Waals surface area contributed by atoms with Crippen LogP contribution in [-0.2, 0) is 30.3 Å². The maximum absolute atomic E-state index is 14.1. The predicted molar refractivity (Wildman–Crippen MR) is 161 cm³/mol. The minimum atomic E-state index is -1.62. The molecule has 0 aromatic heterocycles.